The maximum Gasteiger partial charge on any atom is 0.285 e. The van der Waals surface area contributed by atoms with Gasteiger partial charge in [-0.05, 0) is 12.5 Å². The summed E-state index contributed by atoms with van der Waals surface area (Å²) >= 11 is 0. The van der Waals surface area contributed by atoms with Crippen molar-refractivity contribution in [3.05, 3.63) is 35.4 Å². The third kappa shape index (κ3) is 1.97. The van der Waals surface area contributed by atoms with Crippen molar-refractivity contribution in [3.63, 3.8) is 0 Å². The van der Waals surface area contributed by atoms with Crippen LogP contribution in [0.3, 0.4) is 0 Å². The SMILES string of the molecule is Cc1ccccc1C(=N)C(=O)N(C)N. The highest BCUT2D eigenvalue weighted by atomic mass is 16.2. The van der Waals surface area contributed by atoms with Crippen molar-refractivity contribution in [2.75, 3.05) is 7.05 Å². The van der Waals surface area contributed by atoms with Crippen molar-refractivity contribution < 1.29 is 4.79 Å². The van der Waals surface area contributed by atoms with Crippen molar-refractivity contribution >= 4 is 11.6 Å². The lowest BCUT2D eigenvalue weighted by Gasteiger charge is -2.11. The van der Waals surface area contributed by atoms with Gasteiger partial charge >= 0.3 is 0 Å². The van der Waals surface area contributed by atoms with Crippen LogP contribution in [0.25, 0.3) is 0 Å². The highest BCUT2D eigenvalue weighted by Gasteiger charge is 2.15. The summed E-state index contributed by atoms with van der Waals surface area (Å²) in [5, 5.41) is 8.55. The molecule has 0 atom stereocenters. The van der Waals surface area contributed by atoms with Crippen LogP contribution >= 0.6 is 0 Å². The average molecular weight is 191 g/mol. The van der Waals surface area contributed by atoms with E-state index in [1.54, 1.807) is 12.1 Å². The fourth-order valence-electron chi connectivity index (χ4n) is 1.14. The molecule has 1 aromatic rings. The smallest absolute Gasteiger partial charge is 0.285 e. The lowest BCUT2D eigenvalue weighted by atomic mass is 10.0. The minimum Gasteiger partial charge on any atom is -0.295 e. The van der Waals surface area contributed by atoms with Gasteiger partial charge in [-0.15, -0.1) is 0 Å². The van der Waals surface area contributed by atoms with E-state index in [9.17, 15) is 4.79 Å². The third-order valence-electron chi connectivity index (χ3n) is 1.95. The van der Waals surface area contributed by atoms with Crippen LogP contribution in [0, 0.1) is 12.3 Å². The normalized spacial score (nSPS) is 9.64. The van der Waals surface area contributed by atoms with Gasteiger partial charge in [0.25, 0.3) is 5.91 Å². The van der Waals surface area contributed by atoms with Crippen LogP contribution < -0.4 is 5.84 Å². The van der Waals surface area contributed by atoms with Gasteiger partial charge < -0.3 is 0 Å². The Morgan fingerprint density at radius 1 is 1.43 bits per heavy atom. The summed E-state index contributed by atoms with van der Waals surface area (Å²) in [6.45, 7) is 1.85. The van der Waals surface area contributed by atoms with Crippen molar-refractivity contribution in [2.45, 2.75) is 6.92 Å². The number of nitrogens with one attached hydrogen (secondary N) is 1. The maximum atomic E-state index is 11.4. The molecule has 0 fully saturated rings. The van der Waals surface area contributed by atoms with E-state index < -0.39 is 5.91 Å². The molecule has 0 aliphatic rings. The van der Waals surface area contributed by atoms with Crippen molar-refractivity contribution in [1.29, 1.82) is 5.41 Å². The Kier molecular flexibility index (Phi) is 2.99. The molecule has 0 radical (unpaired) electrons. The van der Waals surface area contributed by atoms with E-state index in [2.05, 4.69) is 0 Å². The Hall–Kier alpha value is -1.68. The molecule has 0 saturated carbocycles. The molecule has 0 bridgehead atoms. The van der Waals surface area contributed by atoms with E-state index in [-0.39, 0.29) is 5.71 Å². The van der Waals surface area contributed by atoms with Crippen molar-refractivity contribution in [1.82, 2.24) is 5.01 Å². The Morgan fingerprint density at radius 3 is 2.50 bits per heavy atom. The second-order valence-corrected chi connectivity index (χ2v) is 3.11. The highest BCUT2D eigenvalue weighted by molar-refractivity contribution is 6.44. The van der Waals surface area contributed by atoms with Crippen LogP contribution in [0.15, 0.2) is 24.3 Å². The number of amides is 1. The molecule has 0 aliphatic heterocycles. The number of likely N-dealkylation sites (N-methyl/N-ethyl adjacent to an activating group) is 1. The number of carbonyl (C=O) groups is 1. The van der Waals surface area contributed by atoms with Crippen LogP contribution in [0.1, 0.15) is 11.1 Å². The predicted molar refractivity (Wildman–Crippen MR) is 55.0 cm³/mol. The number of hydrazine groups is 1. The standard InChI is InChI=1S/C10H13N3O/c1-7-5-3-4-6-8(7)9(11)10(14)13(2)12/h3-6,11H,12H2,1-2H3. The molecule has 0 aromatic heterocycles. The van der Waals surface area contributed by atoms with Crippen molar-refractivity contribution in [2.24, 2.45) is 5.84 Å². The van der Waals surface area contributed by atoms with Gasteiger partial charge in [0, 0.05) is 12.6 Å². The highest BCUT2D eigenvalue weighted by Crippen LogP contribution is 2.08. The quantitative estimate of drug-likeness (QED) is 0.312. The molecule has 0 spiro atoms. The number of nitrogens with two attached hydrogens (primary N) is 1. The first-order valence-corrected chi connectivity index (χ1v) is 4.21. The van der Waals surface area contributed by atoms with Gasteiger partial charge in [-0.3, -0.25) is 15.2 Å². The van der Waals surface area contributed by atoms with Gasteiger partial charge in [-0.1, -0.05) is 24.3 Å². The van der Waals surface area contributed by atoms with Crippen molar-refractivity contribution in [3.8, 4) is 0 Å². The van der Waals surface area contributed by atoms with Gasteiger partial charge in [-0.25, -0.2) is 5.84 Å². The largest absolute Gasteiger partial charge is 0.295 e. The van der Waals surface area contributed by atoms with E-state index in [1.165, 1.54) is 7.05 Å². The number of hydrogen-bond donors (Lipinski definition) is 2. The molecule has 14 heavy (non-hydrogen) atoms. The molecule has 0 aliphatic carbocycles. The molecular weight excluding hydrogens is 178 g/mol. The van der Waals surface area contributed by atoms with Gasteiger partial charge in [0.05, 0.1) is 0 Å². The zero-order chi connectivity index (χ0) is 10.7. The first kappa shape index (κ1) is 10.4. The summed E-state index contributed by atoms with van der Waals surface area (Å²) in [7, 11) is 1.43. The molecule has 3 N–H and O–H groups in total. The second-order valence-electron chi connectivity index (χ2n) is 3.11. The van der Waals surface area contributed by atoms with E-state index >= 15 is 0 Å². The Labute approximate surface area is 82.8 Å². The molecular formula is C10H13N3O. The number of rotatable bonds is 2. The van der Waals surface area contributed by atoms with Crippen LogP contribution in [-0.4, -0.2) is 23.7 Å². The summed E-state index contributed by atoms with van der Waals surface area (Å²) in [6, 6.07) is 7.25. The van der Waals surface area contributed by atoms with Gasteiger partial charge in [-0.2, -0.15) is 0 Å². The number of benzene rings is 1. The lowest BCUT2D eigenvalue weighted by Crippen LogP contribution is -2.38. The third-order valence-corrected chi connectivity index (χ3v) is 1.95. The Morgan fingerprint density at radius 2 is 2.00 bits per heavy atom. The van der Waals surface area contributed by atoms with Crippen LogP contribution in [0.4, 0.5) is 0 Å². The van der Waals surface area contributed by atoms with Gasteiger partial charge in [0.1, 0.15) is 5.71 Å². The molecule has 4 nitrogen and oxygen atoms in total. The Balaban J connectivity index is 3.02. The lowest BCUT2D eigenvalue weighted by molar-refractivity contribution is -0.123. The number of carbonyl (C=O) groups excluding carboxylic acids is 1. The van der Waals surface area contributed by atoms with E-state index in [1.807, 2.05) is 19.1 Å². The predicted octanol–water partition coefficient (Wildman–Crippen LogP) is 0.695. The van der Waals surface area contributed by atoms with Crippen LogP contribution in [-0.2, 0) is 4.79 Å². The number of hydrogen-bond acceptors (Lipinski definition) is 3. The minimum absolute atomic E-state index is 0.0758. The van der Waals surface area contributed by atoms with Gasteiger partial charge in [0.2, 0.25) is 0 Å². The molecule has 0 saturated heterocycles. The maximum absolute atomic E-state index is 11.4. The molecule has 0 heterocycles. The zero-order valence-corrected chi connectivity index (χ0v) is 8.24. The molecule has 0 unspecified atom stereocenters. The van der Waals surface area contributed by atoms with E-state index in [4.69, 9.17) is 11.3 Å². The van der Waals surface area contributed by atoms with Crippen LogP contribution in [0.2, 0.25) is 0 Å². The average Bonchev–Trinajstić information content (AvgIpc) is 2.16. The molecule has 1 rings (SSSR count). The van der Waals surface area contributed by atoms with Crippen LogP contribution in [0.5, 0.6) is 0 Å². The number of aryl methyl sites for hydroxylation is 1. The number of nitrogens with zero attached hydrogens (tertiary/aromatic N) is 1. The van der Waals surface area contributed by atoms with Gasteiger partial charge in [0.15, 0.2) is 0 Å². The first-order chi connectivity index (χ1) is 6.54. The molecule has 1 amide bonds. The summed E-state index contributed by atoms with van der Waals surface area (Å²) in [5.41, 5.74) is 1.44. The summed E-state index contributed by atoms with van der Waals surface area (Å²) in [5.74, 6) is 4.78. The summed E-state index contributed by atoms with van der Waals surface area (Å²) in [6.07, 6.45) is 0. The fourth-order valence-corrected chi connectivity index (χ4v) is 1.14. The van der Waals surface area contributed by atoms with E-state index in [0.29, 0.717) is 5.56 Å². The van der Waals surface area contributed by atoms with E-state index in [0.717, 1.165) is 10.6 Å². The molecule has 1 aromatic carbocycles. The summed E-state index contributed by atoms with van der Waals surface area (Å²) < 4.78 is 0. The first-order valence-electron chi connectivity index (χ1n) is 4.21. The molecule has 74 valence electrons. The summed E-state index contributed by atoms with van der Waals surface area (Å²) in [4.78, 5) is 11.4. The monoisotopic (exact) mass is 191 g/mol. The second kappa shape index (κ2) is 4.02. The zero-order valence-electron chi connectivity index (χ0n) is 8.24. The molecule has 4 heteroatoms. The Bertz CT molecular complexity index is 371. The fraction of sp³-hybridized carbons (Fsp3) is 0.200. The minimum atomic E-state index is -0.487. The topological polar surface area (TPSA) is 70.2 Å².